The van der Waals surface area contributed by atoms with Gasteiger partial charge in [-0.1, -0.05) is 29.4 Å². The van der Waals surface area contributed by atoms with Gasteiger partial charge < -0.3 is 9.63 Å². The second-order valence-corrected chi connectivity index (χ2v) is 6.51. The summed E-state index contributed by atoms with van der Waals surface area (Å²) in [5.41, 5.74) is 2.77. The Bertz CT molecular complexity index is 1160. The molecular weight excluding hydrogens is 385 g/mol. The zero-order valence-electron chi connectivity index (χ0n) is 15.4. The van der Waals surface area contributed by atoms with Crippen LogP contribution in [0.5, 0.6) is 5.75 Å². The summed E-state index contributed by atoms with van der Waals surface area (Å²) in [6.45, 7) is 3.49. The highest BCUT2D eigenvalue weighted by molar-refractivity contribution is 5.95. The molecule has 2 aromatic heterocycles. The minimum atomic E-state index is -4.69. The average molecular weight is 400 g/mol. The Balaban J connectivity index is 2.05. The molecule has 0 unspecified atom stereocenters. The van der Waals surface area contributed by atoms with Crippen molar-refractivity contribution in [3.05, 3.63) is 59.6 Å². The van der Waals surface area contributed by atoms with Gasteiger partial charge in [-0.05, 0) is 37.1 Å². The largest absolute Gasteiger partial charge is 0.507 e. The van der Waals surface area contributed by atoms with Crippen molar-refractivity contribution in [1.29, 1.82) is 0 Å². The highest BCUT2D eigenvalue weighted by Gasteiger charge is 2.34. The first-order valence-corrected chi connectivity index (χ1v) is 8.60. The fourth-order valence-electron chi connectivity index (χ4n) is 3.38. The Hall–Kier alpha value is -3.62. The Morgan fingerprint density at radius 2 is 1.79 bits per heavy atom. The van der Waals surface area contributed by atoms with Gasteiger partial charge in [0.25, 0.3) is 0 Å². The summed E-state index contributed by atoms with van der Waals surface area (Å²) in [5.74, 6) is -0.303. The van der Waals surface area contributed by atoms with Gasteiger partial charge in [0.1, 0.15) is 17.2 Å². The zero-order chi connectivity index (χ0) is 20.8. The topological polar surface area (TPSA) is 87.8 Å². The van der Waals surface area contributed by atoms with Crippen LogP contribution in [0.25, 0.3) is 33.5 Å². The van der Waals surface area contributed by atoms with Gasteiger partial charge in [0.15, 0.2) is 0 Å². The number of alkyl halides is 3. The highest BCUT2D eigenvalue weighted by Crippen LogP contribution is 2.44. The molecule has 0 fully saturated rings. The quantitative estimate of drug-likeness (QED) is 0.497. The fraction of sp³-hybridized carbons (Fsp3) is 0.150. The van der Waals surface area contributed by atoms with Gasteiger partial charge in [-0.2, -0.15) is 28.6 Å². The molecule has 2 aromatic carbocycles. The van der Waals surface area contributed by atoms with E-state index in [1.54, 1.807) is 32.0 Å². The third-order valence-corrected chi connectivity index (χ3v) is 4.65. The molecule has 0 radical (unpaired) electrons. The van der Waals surface area contributed by atoms with Crippen molar-refractivity contribution in [3.63, 3.8) is 0 Å². The normalized spacial score (nSPS) is 11.8. The van der Waals surface area contributed by atoms with E-state index in [4.69, 9.17) is 4.52 Å². The summed E-state index contributed by atoms with van der Waals surface area (Å²) in [6, 6.07) is 8.64. The molecule has 0 aliphatic rings. The smallest absolute Gasteiger partial charge is 0.419 e. The van der Waals surface area contributed by atoms with E-state index in [9.17, 15) is 18.3 Å². The lowest BCUT2D eigenvalue weighted by molar-refractivity contribution is -0.138. The van der Waals surface area contributed by atoms with E-state index in [0.29, 0.717) is 39.4 Å². The van der Waals surface area contributed by atoms with Gasteiger partial charge in [-0.25, -0.2) is 0 Å². The number of hydrogen-bond donors (Lipinski definition) is 2. The van der Waals surface area contributed by atoms with E-state index in [1.807, 2.05) is 0 Å². The van der Waals surface area contributed by atoms with E-state index >= 15 is 0 Å². The van der Waals surface area contributed by atoms with Crippen LogP contribution in [0.4, 0.5) is 13.2 Å². The second-order valence-electron chi connectivity index (χ2n) is 6.51. The summed E-state index contributed by atoms with van der Waals surface area (Å²) < 4.78 is 45.3. The van der Waals surface area contributed by atoms with Crippen LogP contribution in [0.2, 0.25) is 0 Å². The summed E-state index contributed by atoms with van der Waals surface area (Å²) in [6.07, 6.45) is -3.16. The van der Waals surface area contributed by atoms with E-state index in [2.05, 4.69) is 20.6 Å². The molecule has 29 heavy (non-hydrogen) atoms. The molecular formula is C20H15F3N4O2. The molecule has 4 aromatic rings. The van der Waals surface area contributed by atoms with Gasteiger partial charge in [0.05, 0.1) is 17.5 Å². The summed E-state index contributed by atoms with van der Waals surface area (Å²) in [5, 5.41) is 24.2. The first kappa shape index (κ1) is 18.7. The number of nitrogens with zero attached hydrogens (tertiary/aromatic N) is 3. The molecule has 9 heteroatoms. The van der Waals surface area contributed by atoms with Crippen LogP contribution in [0, 0.1) is 13.8 Å². The van der Waals surface area contributed by atoms with Crippen LogP contribution in [-0.4, -0.2) is 25.7 Å². The van der Waals surface area contributed by atoms with Crippen LogP contribution in [0.15, 0.2) is 47.1 Å². The van der Waals surface area contributed by atoms with Gasteiger partial charge in [0, 0.05) is 16.7 Å². The molecule has 148 valence electrons. The zero-order valence-corrected chi connectivity index (χ0v) is 15.4. The maximum atomic E-state index is 13.3. The molecule has 0 saturated heterocycles. The van der Waals surface area contributed by atoms with Crippen molar-refractivity contribution in [3.8, 4) is 39.3 Å². The molecule has 0 amide bonds. The van der Waals surface area contributed by atoms with Crippen molar-refractivity contribution in [2.24, 2.45) is 0 Å². The fourth-order valence-corrected chi connectivity index (χ4v) is 3.38. The number of aryl methyl sites for hydroxylation is 2. The number of phenols is 1. The molecule has 0 atom stereocenters. The predicted octanol–water partition coefficient (Wildman–Crippen LogP) is 5.13. The van der Waals surface area contributed by atoms with E-state index < -0.39 is 17.5 Å². The van der Waals surface area contributed by atoms with E-state index in [0.717, 1.165) is 12.1 Å². The number of H-pyrrole nitrogens is 1. The van der Waals surface area contributed by atoms with Crippen LogP contribution in [0.3, 0.4) is 0 Å². The second kappa shape index (κ2) is 6.77. The predicted molar refractivity (Wildman–Crippen MR) is 98.9 cm³/mol. The van der Waals surface area contributed by atoms with Crippen molar-refractivity contribution >= 4 is 0 Å². The van der Waals surface area contributed by atoms with Crippen LogP contribution < -0.4 is 0 Å². The molecule has 2 N–H and O–H groups in total. The summed E-state index contributed by atoms with van der Waals surface area (Å²) in [4.78, 5) is 0. The van der Waals surface area contributed by atoms with Crippen molar-refractivity contribution < 1.29 is 22.8 Å². The van der Waals surface area contributed by atoms with Gasteiger partial charge in [-0.15, -0.1) is 0 Å². The summed E-state index contributed by atoms with van der Waals surface area (Å²) >= 11 is 0. The Kier molecular flexibility index (Phi) is 4.37. The monoisotopic (exact) mass is 400 g/mol. The lowest BCUT2D eigenvalue weighted by Gasteiger charge is -2.16. The number of halogens is 3. The van der Waals surface area contributed by atoms with Crippen molar-refractivity contribution in [2.75, 3.05) is 0 Å². The number of aromatic amines is 1. The number of benzene rings is 2. The molecule has 4 rings (SSSR count). The average Bonchev–Trinajstić information content (AvgIpc) is 3.31. The Labute approximate surface area is 163 Å². The first-order valence-electron chi connectivity index (χ1n) is 8.60. The highest BCUT2D eigenvalue weighted by atomic mass is 19.4. The minimum absolute atomic E-state index is 0.287. The molecule has 0 aliphatic carbocycles. The standard InChI is InChI=1S/C20H15F3N4O2/c1-10-18(11(2)29-26-10)19-13(4-3-5-14(19)16-9-24-27-25-16)12-6-7-17(28)15(8-12)20(21,22)23/h3-9,28H,1-2H3,(H,24,25,27). The third kappa shape index (κ3) is 3.24. The van der Waals surface area contributed by atoms with Crippen LogP contribution >= 0.6 is 0 Å². The number of aromatic nitrogens is 4. The van der Waals surface area contributed by atoms with Crippen molar-refractivity contribution in [1.82, 2.24) is 20.6 Å². The van der Waals surface area contributed by atoms with E-state index in [-0.39, 0.29) is 5.56 Å². The Morgan fingerprint density at radius 3 is 2.41 bits per heavy atom. The third-order valence-electron chi connectivity index (χ3n) is 4.65. The number of hydrogen-bond acceptors (Lipinski definition) is 5. The van der Waals surface area contributed by atoms with Crippen LogP contribution in [-0.2, 0) is 6.18 Å². The lowest BCUT2D eigenvalue weighted by atomic mass is 9.88. The number of aromatic hydroxyl groups is 1. The van der Waals surface area contributed by atoms with E-state index in [1.165, 1.54) is 12.3 Å². The lowest BCUT2D eigenvalue weighted by Crippen LogP contribution is -2.05. The van der Waals surface area contributed by atoms with Gasteiger partial charge in [-0.3, -0.25) is 0 Å². The molecule has 0 spiro atoms. The molecule has 0 bridgehead atoms. The number of rotatable bonds is 3. The maximum absolute atomic E-state index is 13.3. The molecule has 6 nitrogen and oxygen atoms in total. The molecule has 0 saturated carbocycles. The minimum Gasteiger partial charge on any atom is -0.507 e. The number of nitrogens with one attached hydrogen (secondary N) is 1. The van der Waals surface area contributed by atoms with Crippen LogP contribution in [0.1, 0.15) is 17.0 Å². The molecule has 2 heterocycles. The van der Waals surface area contributed by atoms with Crippen molar-refractivity contribution in [2.45, 2.75) is 20.0 Å². The van der Waals surface area contributed by atoms with Gasteiger partial charge >= 0.3 is 6.18 Å². The summed E-state index contributed by atoms with van der Waals surface area (Å²) in [7, 11) is 0. The van der Waals surface area contributed by atoms with Gasteiger partial charge in [0.2, 0.25) is 0 Å². The number of phenolic OH excluding ortho intramolecular Hbond substituents is 1. The SMILES string of the molecule is Cc1noc(C)c1-c1c(-c2ccc(O)c(C(F)(F)F)c2)cccc1-c1cn[nH]n1. The maximum Gasteiger partial charge on any atom is 0.419 e. The first-order chi connectivity index (χ1) is 13.8. The Morgan fingerprint density at radius 1 is 1.03 bits per heavy atom. The molecule has 0 aliphatic heterocycles.